The summed E-state index contributed by atoms with van der Waals surface area (Å²) in [4.78, 5) is 12.9. The zero-order valence-corrected chi connectivity index (χ0v) is 16.8. The molecule has 0 radical (unpaired) electrons. The third-order valence-corrected chi connectivity index (χ3v) is 5.91. The number of hydrogen-bond donors (Lipinski definition) is 1. The van der Waals surface area contributed by atoms with Crippen LogP contribution in [-0.2, 0) is 5.41 Å². The van der Waals surface area contributed by atoms with Gasteiger partial charge in [-0.3, -0.25) is 4.79 Å². The van der Waals surface area contributed by atoms with Crippen molar-refractivity contribution in [1.82, 2.24) is 5.43 Å². The lowest BCUT2D eigenvalue weighted by Gasteiger charge is -2.19. The van der Waals surface area contributed by atoms with Gasteiger partial charge in [0.1, 0.15) is 4.88 Å². The fraction of sp³-hybridized carbons (Fsp3) is 0.238. The average Bonchev–Trinajstić information content (AvgIpc) is 2.96. The number of hydrazone groups is 1. The maximum Gasteiger partial charge on any atom is 0.283 e. The van der Waals surface area contributed by atoms with Crippen molar-refractivity contribution in [3.05, 3.63) is 69.6 Å². The molecule has 3 rings (SSSR count). The first-order chi connectivity index (χ1) is 12.3. The van der Waals surface area contributed by atoms with Crippen molar-refractivity contribution in [2.45, 2.75) is 33.1 Å². The lowest BCUT2D eigenvalue weighted by molar-refractivity contribution is 0.0959. The first-order valence-corrected chi connectivity index (χ1v) is 9.59. The SMILES string of the molecule is C/C(=N/NC(=O)c1sc2ccccc2c1Cl)c1ccc(C(C)(C)C)cc1. The Labute approximate surface area is 162 Å². The molecule has 3 aromatic rings. The molecule has 0 fully saturated rings. The predicted molar refractivity (Wildman–Crippen MR) is 112 cm³/mol. The zero-order valence-electron chi connectivity index (χ0n) is 15.3. The van der Waals surface area contributed by atoms with Crippen molar-refractivity contribution >= 4 is 44.6 Å². The van der Waals surface area contributed by atoms with Crippen molar-refractivity contribution in [3.8, 4) is 0 Å². The molecule has 0 bridgehead atoms. The van der Waals surface area contributed by atoms with Crippen LogP contribution in [0.2, 0.25) is 5.02 Å². The summed E-state index contributed by atoms with van der Waals surface area (Å²) in [6, 6.07) is 15.9. The Kier molecular flexibility index (Phi) is 5.17. The molecule has 0 unspecified atom stereocenters. The Hall–Kier alpha value is -2.17. The highest BCUT2D eigenvalue weighted by molar-refractivity contribution is 7.21. The van der Waals surface area contributed by atoms with Crippen molar-refractivity contribution in [2.24, 2.45) is 5.10 Å². The quantitative estimate of drug-likeness (QED) is 0.436. The number of fused-ring (bicyclic) bond motifs is 1. The summed E-state index contributed by atoms with van der Waals surface area (Å²) in [5, 5.41) is 5.61. The Morgan fingerprint density at radius 3 is 2.35 bits per heavy atom. The molecule has 1 aromatic heterocycles. The standard InChI is InChI=1S/C21H21ClN2OS/c1-13(14-9-11-15(12-10-14)21(2,3)4)23-24-20(25)19-18(22)16-7-5-6-8-17(16)26-19/h5-12H,1-4H3,(H,24,25)/b23-13-. The van der Waals surface area contributed by atoms with Crippen LogP contribution < -0.4 is 5.43 Å². The van der Waals surface area contributed by atoms with E-state index in [1.165, 1.54) is 16.9 Å². The van der Waals surface area contributed by atoms with E-state index in [0.717, 1.165) is 21.4 Å². The summed E-state index contributed by atoms with van der Waals surface area (Å²) in [7, 11) is 0. The van der Waals surface area contributed by atoms with Crippen LogP contribution in [-0.4, -0.2) is 11.6 Å². The highest BCUT2D eigenvalue weighted by Gasteiger charge is 2.17. The normalized spacial score (nSPS) is 12.4. The van der Waals surface area contributed by atoms with E-state index in [0.29, 0.717) is 9.90 Å². The molecule has 0 saturated carbocycles. The maximum atomic E-state index is 12.5. The molecule has 2 aromatic carbocycles. The summed E-state index contributed by atoms with van der Waals surface area (Å²) in [5.74, 6) is -0.290. The first-order valence-electron chi connectivity index (χ1n) is 8.40. The second-order valence-electron chi connectivity index (χ2n) is 7.21. The van der Waals surface area contributed by atoms with Crippen LogP contribution in [0, 0.1) is 0 Å². The molecule has 0 spiro atoms. The highest BCUT2D eigenvalue weighted by Crippen LogP contribution is 2.35. The molecule has 0 atom stereocenters. The highest BCUT2D eigenvalue weighted by atomic mass is 35.5. The number of amides is 1. The molecule has 0 saturated heterocycles. The van der Waals surface area contributed by atoms with E-state index in [-0.39, 0.29) is 11.3 Å². The molecule has 1 N–H and O–H groups in total. The van der Waals surface area contributed by atoms with Crippen LogP contribution in [0.1, 0.15) is 48.5 Å². The number of carbonyl (C=O) groups excluding carboxylic acids is 1. The van der Waals surface area contributed by atoms with Crippen molar-refractivity contribution in [2.75, 3.05) is 0 Å². The minimum Gasteiger partial charge on any atom is -0.266 e. The number of thiophene rings is 1. The van der Waals surface area contributed by atoms with Crippen molar-refractivity contribution < 1.29 is 4.79 Å². The van der Waals surface area contributed by atoms with Crippen LogP contribution in [0.25, 0.3) is 10.1 Å². The van der Waals surface area contributed by atoms with Gasteiger partial charge in [-0.1, -0.05) is 74.8 Å². The molecule has 1 heterocycles. The van der Waals surface area contributed by atoms with Gasteiger partial charge in [-0.25, -0.2) is 5.43 Å². The topological polar surface area (TPSA) is 41.5 Å². The molecule has 0 aliphatic heterocycles. The van der Waals surface area contributed by atoms with Crippen LogP contribution >= 0.6 is 22.9 Å². The largest absolute Gasteiger partial charge is 0.283 e. The Morgan fingerprint density at radius 2 is 1.73 bits per heavy atom. The van der Waals surface area contributed by atoms with Gasteiger partial charge in [0.25, 0.3) is 5.91 Å². The fourth-order valence-electron chi connectivity index (χ4n) is 2.62. The van der Waals surface area contributed by atoms with E-state index < -0.39 is 0 Å². The zero-order chi connectivity index (χ0) is 18.9. The minimum atomic E-state index is -0.290. The smallest absolute Gasteiger partial charge is 0.266 e. The van der Waals surface area contributed by atoms with Gasteiger partial charge < -0.3 is 0 Å². The van der Waals surface area contributed by atoms with Crippen LogP contribution in [0.3, 0.4) is 0 Å². The van der Waals surface area contributed by atoms with Gasteiger partial charge in [-0.05, 0) is 29.5 Å². The average molecular weight is 385 g/mol. The number of halogens is 1. The monoisotopic (exact) mass is 384 g/mol. The van der Waals surface area contributed by atoms with Gasteiger partial charge in [-0.2, -0.15) is 5.10 Å². The molecular formula is C21H21ClN2OS. The summed E-state index contributed by atoms with van der Waals surface area (Å²) in [5.41, 5.74) is 5.70. The lowest BCUT2D eigenvalue weighted by atomic mass is 9.86. The van der Waals surface area contributed by atoms with E-state index in [9.17, 15) is 4.79 Å². The Bertz CT molecular complexity index is 981. The molecule has 3 nitrogen and oxygen atoms in total. The van der Waals surface area contributed by atoms with Gasteiger partial charge in [0.15, 0.2) is 0 Å². The molecule has 1 amide bonds. The minimum absolute atomic E-state index is 0.107. The van der Waals surface area contributed by atoms with E-state index in [1.54, 1.807) is 0 Å². The molecular weight excluding hydrogens is 364 g/mol. The van der Waals surface area contributed by atoms with Crippen LogP contribution in [0.15, 0.2) is 53.6 Å². The van der Waals surface area contributed by atoms with E-state index in [1.807, 2.05) is 43.3 Å². The van der Waals surface area contributed by atoms with Crippen molar-refractivity contribution in [3.63, 3.8) is 0 Å². The lowest BCUT2D eigenvalue weighted by Crippen LogP contribution is -2.18. The van der Waals surface area contributed by atoms with E-state index in [2.05, 4.69) is 43.4 Å². The van der Waals surface area contributed by atoms with Gasteiger partial charge in [0.05, 0.1) is 10.7 Å². The number of nitrogens with zero attached hydrogens (tertiary/aromatic N) is 1. The number of hydrogen-bond acceptors (Lipinski definition) is 3. The second-order valence-corrected chi connectivity index (χ2v) is 8.64. The molecule has 0 aliphatic carbocycles. The first kappa shape index (κ1) is 18.6. The van der Waals surface area contributed by atoms with E-state index in [4.69, 9.17) is 11.6 Å². The van der Waals surface area contributed by atoms with Crippen LogP contribution in [0.5, 0.6) is 0 Å². The molecule has 134 valence electrons. The maximum absolute atomic E-state index is 12.5. The summed E-state index contributed by atoms with van der Waals surface area (Å²) in [6.45, 7) is 8.41. The number of benzene rings is 2. The molecule has 0 aliphatic rings. The van der Waals surface area contributed by atoms with E-state index >= 15 is 0 Å². The fourth-order valence-corrected chi connectivity index (χ4v) is 4.03. The van der Waals surface area contributed by atoms with Crippen molar-refractivity contribution in [1.29, 1.82) is 0 Å². The number of nitrogens with one attached hydrogen (secondary N) is 1. The third-order valence-electron chi connectivity index (χ3n) is 4.23. The Morgan fingerprint density at radius 1 is 1.08 bits per heavy atom. The second kappa shape index (κ2) is 7.22. The predicted octanol–water partition coefficient (Wildman–Crippen LogP) is 6.01. The van der Waals surface area contributed by atoms with Gasteiger partial charge in [0, 0.05) is 10.1 Å². The summed E-state index contributed by atoms with van der Waals surface area (Å²) in [6.07, 6.45) is 0. The molecule has 5 heteroatoms. The molecule has 26 heavy (non-hydrogen) atoms. The number of rotatable bonds is 3. The van der Waals surface area contributed by atoms with Gasteiger partial charge >= 0.3 is 0 Å². The number of carbonyl (C=O) groups is 1. The third kappa shape index (κ3) is 3.81. The Balaban J connectivity index is 1.77. The van der Waals surface area contributed by atoms with Gasteiger partial charge in [0.2, 0.25) is 0 Å². The van der Waals surface area contributed by atoms with Crippen LogP contribution in [0.4, 0.5) is 0 Å². The summed E-state index contributed by atoms with van der Waals surface area (Å²) < 4.78 is 0.987. The summed E-state index contributed by atoms with van der Waals surface area (Å²) >= 11 is 7.72. The van der Waals surface area contributed by atoms with Gasteiger partial charge in [-0.15, -0.1) is 11.3 Å².